The van der Waals surface area contributed by atoms with Crippen LogP contribution in [0.1, 0.15) is 41.2 Å². The van der Waals surface area contributed by atoms with Crippen LogP contribution in [0.15, 0.2) is 72.8 Å². The number of hydrogen-bond donors (Lipinski definition) is 3. The predicted molar refractivity (Wildman–Crippen MR) is 156 cm³/mol. The van der Waals surface area contributed by atoms with Crippen LogP contribution in [0.4, 0.5) is 9.59 Å². The maximum Gasteiger partial charge on any atom is 0.322 e. The van der Waals surface area contributed by atoms with Crippen LogP contribution in [-0.2, 0) is 28.3 Å². The zero-order chi connectivity index (χ0) is 30.1. The molecule has 0 bridgehead atoms. The Morgan fingerprint density at radius 2 is 1.74 bits per heavy atom. The molecule has 0 radical (unpaired) electrons. The van der Waals surface area contributed by atoms with Crippen LogP contribution < -0.4 is 21.1 Å². The van der Waals surface area contributed by atoms with Gasteiger partial charge in [0.2, 0.25) is 0 Å². The van der Waals surface area contributed by atoms with Gasteiger partial charge in [-0.2, -0.15) is 0 Å². The van der Waals surface area contributed by atoms with Crippen LogP contribution in [0.2, 0.25) is 0 Å². The number of nitrogens with zero attached hydrogens (tertiary/aromatic N) is 2. The molecule has 2 fully saturated rings. The molecule has 2 aliphatic rings. The molecule has 0 spiro atoms. The van der Waals surface area contributed by atoms with E-state index in [9.17, 15) is 19.2 Å². The third kappa shape index (κ3) is 5.39. The summed E-state index contributed by atoms with van der Waals surface area (Å²) in [7, 11) is 0. The molecular weight excluding hydrogens is 534 g/mol. The molecule has 4 N–H and O–H groups in total. The fraction of sp³-hybridized carbons (Fsp3) is 0.312. The Balaban J connectivity index is 1.47. The topological polar surface area (TPSA) is 134 Å². The number of amides is 6. The van der Waals surface area contributed by atoms with Gasteiger partial charge in [-0.3, -0.25) is 14.9 Å². The summed E-state index contributed by atoms with van der Waals surface area (Å²) in [5.41, 5.74) is 7.98. The van der Waals surface area contributed by atoms with Crippen molar-refractivity contribution in [3.63, 3.8) is 0 Å². The first-order valence-electron chi connectivity index (χ1n) is 13.9. The van der Waals surface area contributed by atoms with Gasteiger partial charge in [-0.15, -0.1) is 0 Å². The van der Waals surface area contributed by atoms with Crippen LogP contribution in [0.5, 0.6) is 5.75 Å². The van der Waals surface area contributed by atoms with Crippen molar-refractivity contribution in [2.75, 3.05) is 13.1 Å². The van der Waals surface area contributed by atoms with Gasteiger partial charge in [0.25, 0.3) is 11.8 Å². The Hall–Kier alpha value is -4.86. The Morgan fingerprint density at radius 1 is 1.02 bits per heavy atom. The molecule has 5 rings (SSSR count). The fourth-order valence-corrected chi connectivity index (χ4v) is 5.78. The number of ether oxygens (including phenoxy) is 1. The zero-order valence-corrected chi connectivity index (χ0v) is 24.0. The smallest absolute Gasteiger partial charge is 0.322 e. The number of likely N-dealkylation sites (tertiary alicyclic amines) is 1. The molecule has 0 aliphatic carbocycles. The molecule has 6 amide bonds. The van der Waals surface area contributed by atoms with Crippen molar-refractivity contribution < 1.29 is 23.9 Å². The van der Waals surface area contributed by atoms with E-state index in [1.807, 2.05) is 44.2 Å². The lowest BCUT2D eigenvalue weighted by molar-refractivity contribution is -0.139. The third-order valence-corrected chi connectivity index (χ3v) is 8.15. The summed E-state index contributed by atoms with van der Waals surface area (Å²) in [5, 5.41) is 4.85. The number of nitrogens with one attached hydrogen (secondary N) is 2. The molecule has 2 saturated heterocycles. The Labute approximate surface area is 244 Å². The van der Waals surface area contributed by atoms with E-state index in [1.54, 1.807) is 31.2 Å². The van der Waals surface area contributed by atoms with Crippen LogP contribution >= 0.6 is 0 Å². The first kappa shape index (κ1) is 28.7. The number of urea groups is 2. The first-order chi connectivity index (χ1) is 20.0. The molecule has 0 aromatic heterocycles. The normalized spacial score (nSPS) is 21.7. The summed E-state index contributed by atoms with van der Waals surface area (Å²) in [6, 6.07) is 21.3. The van der Waals surface area contributed by atoms with Crippen LogP contribution in [0.25, 0.3) is 0 Å². The minimum Gasteiger partial charge on any atom is -0.489 e. The average molecular weight is 570 g/mol. The maximum atomic E-state index is 14.3. The molecule has 2 aliphatic heterocycles. The molecular formula is C32H35N5O5. The highest BCUT2D eigenvalue weighted by Gasteiger charge is 2.56. The number of aryl methyl sites for hydroxylation is 2. The lowest BCUT2D eigenvalue weighted by Gasteiger charge is -2.39. The zero-order valence-electron chi connectivity index (χ0n) is 24.0. The van der Waals surface area contributed by atoms with E-state index in [2.05, 4.69) is 28.8 Å². The SMILES string of the molecule is Cc1ccc(C)c(COc2ccc(C3(N(Cc4ccccc4)C(N)=O)CCN(CC4(C)NC(=O)NC4=O)C3=O)cc2)c1. The molecule has 3 aromatic rings. The van der Waals surface area contributed by atoms with E-state index in [1.165, 1.54) is 9.80 Å². The average Bonchev–Trinajstić information content (AvgIpc) is 3.42. The minimum absolute atomic E-state index is 0.0554. The van der Waals surface area contributed by atoms with E-state index in [0.717, 1.165) is 22.3 Å². The van der Waals surface area contributed by atoms with Crippen LogP contribution in [-0.4, -0.2) is 52.3 Å². The van der Waals surface area contributed by atoms with Crippen molar-refractivity contribution in [2.45, 2.75) is 51.4 Å². The summed E-state index contributed by atoms with van der Waals surface area (Å²) < 4.78 is 6.07. The van der Waals surface area contributed by atoms with Gasteiger partial charge in [0.1, 0.15) is 17.9 Å². The van der Waals surface area contributed by atoms with Gasteiger partial charge in [0, 0.05) is 19.5 Å². The third-order valence-electron chi connectivity index (χ3n) is 8.15. The van der Waals surface area contributed by atoms with Gasteiger partial charge in [-0.05, 0) is 55.2 Å². The molecule has 10 nitrogen and oxygen atoms in total. The van der Waals surface area contributed by atoms with Gasteiger partial charge >= 0.3 is 12.1 Å². The van der Waals surface area contributed by atoms with Gasteiger partial charge in [0.15, 0.2) is 5.54 Å². The maximum absolute atomic E-state index is 14.3. The van der Waals surface area contributed by atoms with Gasteiger partial charge < -0.3 is 25.6 Å². The molecule has 2 heterocycles. The lowest BCUT2D eigenvalue weighted by Crippen LogP contribution is -2.58. The quantitative estimate of drug-likeness (QED) is 0.339. The van der Waals surface area contributed by atoms with Crippen LogP contribution in [0.3, 0.4) is 0 Å². The first-order valence-corrected chi connectivity index (χ1v) is 13.9. The van der Waals surface area contributed by atoms with Crippen molar-refractivity contribution in [1.29, 1.82) is 0 Å². The number of carbonyl (C=O) groups excluding carboxylic acids is 4. The van der Waals surface area contributed by atoms with E-state index in [4.69, 9.17) is 10.5 Å². The number of imide groups is 1. The molecule has 2 unspecified atom stereocenters. The fourth-order valence-electron chi connectivity index (χ4n) is 5.78. The van der Waals surface area contributed by atoms with Crippen molar-refractivity contribution in [3.05, 3.63) is 101 Å². The summed E-state index contributed by atoms with van der Waals surface area (Å²) in [6.07, 6.45) is 0.246. The number of carbonyl (C=O) groups is 4. The van der Waals surface area contributed by atoms with Crippen molar-refractivity contribution in [2.24, 2.45) is 5.73 Å². The highest BCUT2D eigenvalue weighted by molar-refractivity contribution is 6.07. The number of primary amides is 1. The summed E-state index contributed by atoms with van der Waals surface area (Å²) in [4.78, 5) is 54.7. The molecule has 3 aromatic carbocycles. The van der Waals surface area contributed by atoms with E-state index in [0.29, 0.717) is 17.9 Å². The highest BCUT2D eigenvalue weighted by atomic mass is 16.5. The second-order valence-electron chi connectivity index (χ2n) is 11.2. The van der Waals surface area contributed by atoms with Crippen molar-refractivity contribution in [1.82, 2.24) is 20.4 Å². The Morgan fingerprint density at radius 3 is 2.38 bits per heavy atom. The summed E-state index contributed by atoms with van der Waals surface area (Å²) in [6.45, 7) is 6.33. The minimum atomic E-state index is -1.43. The Kier molecular flexibility index (Phi) is 7.64. The monoisotopic (exact) mass is 569 g/mol. The van der Waals surface area contributed by atoms with E-state index in [-0.39, 0.29) is 32.0 Å². The van der Waals surface area contributed by atoms with Crippen LogP contribution in [0, 0.1) is 13.8 Å². The molecule has 10 heteroatoms. The second kappa shape index (κ2) is 11.2. The highest BCUT2D eigenvalue weighted by Crippen LogP contribution is 2.41. The molecule has 218 valence electrons. The summed E-state index contributed by atoms with van der Waals surface area (Å²) in [5.74, 6) is -0.278. The number of benzene rings is 3. The van der Waals surface area contributed by atoms with E-state index < -0.39 is 29.0 Å². The predicted octanol–water partition coefficient (Wildman–Crippen LogP) is 3.49. The van der Waals surface area contributed by atoms with Crippen molar-refractivity contribution >= 4 is 23.9 Å². The standard InChI is InChI=1S/C32H35N5O5/c1-21-9-10-22(2)24(17-21)19-42-26-13-11-25(12-14-26)32(37(29(33)40)18-23-7-5-4-6-8-23)15-16-36(28(32)39)20-31(3)27(38)34-30(41)35-31/h4-14,17H,15-16,18-20H2,1-3H3,(H2,33,40)(H2,34,35,38,41). The van der Waals surface area contributed by atoms with E-state index >= 15 is 0 Å². The number of nitrogens with two attached hydrogens (primary N) is 1. The van der Waals surface area contributed by atoms with Gasteiger partial charge in [0.05, 0.1) is 6.54 Å². The van der Waals surface area contributed by atoms with Crippen molar-refractivity contribution in [3.8, 4) is 5.75 Å². The largest absolute Gasteiger partial charge is 0.489 e. The summed E-state index contributed by atoms with van der Waals surface area (Å²) >= 11 is 0. The molecule has 0 saturated carbocycles. The number of hydrogen-bond acceptors (Lipinski definition) is 5. The van der Waals surface area contributed by atoms with Gasteiger partial charge in [-0.1, -0.05) is 66.2 Å². The lowest BCUT2D eigenvalue weighted by atomic mass is 9.85. The molecule has 42 heavy (non-hydrogen) atoms. The van der Waals surface area contributed by atoms with Gasteiger partial charge in [-0.25, -0.2) is 9.59 Å². The molecule has 2 atom stereocenters. The Bertz CT molecular complexity index is 1530. The second-order valence-corrected chi connectivity index (χ2v) is 11.2. The number of rotatable bonds is 9.